The van der Waals surface area contributed by atoms with Crippen molar-refractivity contribution in [1.29, 1.82) is 10.5 Å². The van der Waals surface area contributed by atoms with Gasteiger partial charge in [0.1, 0.15) is 29.2 Å². The topological polar surface area (TPSA) is 69.3 Å². The van der Waals surface area contributed by atoms with Crippen LogP contribution in [0.2, 0.25) is 0 Å². The Labute approximate surface area is 215 Å². The van der Waals surface area contributed by atoms with Crippen molar-refractivity contribution in [2.24, 2.45) is 0 Å². The monoisotopic (exact) mass is 489 g/mol. The second kappa shape index (κ2) is 11.6. The van der Waals surface area contributed by atoms with Crippen LogP contribution in [0.4, 0.5) is 17.1 Å². The molecule has 0 radical (unpaired) electrons. The van der Waals surface area contributed by atoms with Crippen molar-refractivity contribution in [2.45, 2.75) is 0 Å². The van der Waals surface area contributed by atoms with Crippen molar-refractivity contribution in [3.05, 3.63) is 106 Å². The zero-order valence-electron chi connectivity index (χ0n) is 19.9. The van der Waals surface area contributed by atoms with Gasteiger partial charge in [-0.3, -0.25) is 0 Å². The van der Waals surface area contributed by atoms with E-state index in [1.807, 2.05) is 85.0 Å². The molecule has 4 rings (SSSR count). The number of methoxy groups -OCH3 is 2. The van der Waals surface area contributed by atoms with E-state index < -0.39 is 0 Å². The van der Waals surface area contributed by atoms with Crippen LogP contribution in [0, 0.1) is 22.7 Å². The van der Waals surface area contributed by atoms with E-state index in [-0.39, 0.29) is 5.57 Å². The summed E-state index contributed by atoms with van der Waals surface area (Å²) in [5.74, 6) is 1.61. The Kier molecular flexibility index (Phi) is 7.83. The fourth-order valence-corrected chi connectivity index (χ4v) is 4.45. The van der Waals surface area contributed by atoms with Gasteiger partial charge in [-0.25, -0.2) is 0 Å². The predicted molar refractivity (Wildman–Crippen MR) is 147 cm³/mol. The molecule has 0 aliphatic rings. The molecule has 0 aliphatic heterocycles. The maximum Gasteiger partial charge on any atom is 0.131 e. The predicted octanol–water partition coefficient (Wildman–Crippen LogP) is 7.84. The number of allylic oxidation sites excluding steroid dienone is 1. The lowest BCUT2D eigenvalue weighted by Crippen LogP contribution is -2.09. The van der Waals surface area contributed by atoms with E-state index in [1.165, 1.54) is 11.3 Å². The standard InChI is InChI=1S/C30H23N3O2S/c1-34-27-12-8-25(9-13-27)33(26-10-14-28(35-2)15-11-26)24-6-3-22(4-7-24)5-16-29-17-18-30(36-29)19-23(20-31)21-32/h3-19H,1-2H3/b16-5+. The minimum Gasteiger partial charge on any atom is -0.497 e. The van der Waals surface area contributed by atoms with E-state index >= 15 is 0 Å². The van der Waals surface area contributed by atoms with Gasteiger partial charge < -0.3 is 14.4 Å². The first kappa shape index (κ1) is 24.3. The third kappa shape index (κ3) is 5.82. The molecule has 5 nitrogen and oxygen atoms in total. The lowest BCUT2D eigenvalue weighted by atomic mass is 10.1. The van der Waals surface area contributed by atoms with Crippen molar-refractivity contribution in [1.82, 2.24) is 0 Å². The van der Waals surface area contributed by atoms with Crippen LogP contribution in [0.3, 0.4) is 0 Å². The lowest BCUT2D eigenvalue weighted by molar-refractivity contribution is 0.415. The summed E-state index contributed by atoms with van der Waals surface area (Å²) in [7, 11) is 3.32. The Morgan fingerprint density at radius 2 is 1.14 bits per heavy atom. The van der Waals surface area contributed by atoms with Gasteiger partial charge in [-0.05, 0) is 90.5 Å². The largest absolute Gasteiger partial charge is 0.497 e. The number of rotatable bonds is 8. The highest BCUT2D eigenvalue weighted by Crippen LogP contribution is 2.36. The lowest BCUT2D eigenvalue weighted by Gasteiger charge is -2.26. The van der Waals surface area contributed by atoms with Crippen LogP contribution in [0.1, 0.15) is 15.3 Å². The fourth-order valence-electron chi connectivity index (χ4n) is 3.59. The number of thiophene rings is 1. The highest BCUT2D eigenvalue weighted by atomic mass is 32.1. The molecule has 0 spiro atoms. The molecule has 1 aromatic heterocycles. The molecule has 0 N–H and O–H groups in total. The Hall–Kier alpha value is -4.78. The average molecular weight is 490 g/mol. The fraction of sp³-hybridized carbons (Fsp3) is 0.0667. The Morgan fingerprint density at radius 3 is 1.61 bits per heavy atom. The van der Waals surface area contributed by atoms with Crippen LogP contribution in [-0.2, 0) is 0 Å². The number of hydrogen-bond donors (Lipinski definition) is 0. The van der Waals surface area contributed by atoms with Crippen molar-refractivity contribution in [3.8, 4) is 23.6 Å². The maximum absolute atomic E-state index is 8.94. The summed E-state index contributed by atoms with van der Waals surface area (Å²) >= 11 is 1.53. The molecular formula is C30H23N3O2S. The van der Waals surface area contributed by atoms with E-state index in [1.54, 1.807) is 20.3 Å². The van der Waals surface area contributed by atoms with E-state index in [4.69, 9.17) is 20.0 Å². The Bertz CT molecular complexity index is 1390. The molecule has 0 saturated heterocycles. The minimum absolute atomic E-state index is 0.0984. The van der Waals surface area contributed by atoms with Crippen molar-refractivity contribution < 1.29 is 9.47 Å². The molecule has 0 amide bonds. The molecule has 176 valence electrons. The van der Waals surface area contributed by atoms with Gasteiger partial charge in [0.05, 0.1) is 14.2 Å². The Morgan fingerprint density at radius 1 is 0.667 bits per heavy atom. The van der Waals surface area contributed by atoms with Gasteiger partial charge in [-0.15, -0.1) is 11.3 Å². The quantitative estimate of drug-likeness (QED) is 0.236. The van der Waals surface area contributed by atoms with Gasteiger partial charge in [-0.2, -0.15) is 10.5 Å². The SMILES string of the molecule is COc1ccc(N(c2ccc(/C=C/c3ccc(C=C(C#N)C#N)s3)cc2)c2ccc(OC)cc2)cc1. The van der Waals surface area contributed by atoms with Crippen molar-refractivity contribution >= 4 is 46.6 Å². The van der Waals surface area contributed by atoms with E-state index in [0.29, 0.717) is 0 Å². The molecule has 0 aliphatic carbocycles. The van der Waals surface area contributed by atoms with Crippen LogP contribution in [-0.4, -0.2) is 14.2 Å². The number of hydrogen-bond acceptors (Lipinski definition) is 6. The molecule has 0 fully saturated rings. The minimum atomic E-state index is 0.0984. The molecule has 0 saturated carbocycles. The Balaban J connectivity index is 1.59. The van der Waals surface area contributed by atoms with Gasteiger partial charge in [-0.1, -0.05) is 18.2 Å². The first-order valence-electron chi connectivity index (χ1n) is 11.1. The second-order valence-corrected chi connectivity index (χ2v) is 8.83. The molecule has 0 bridgehead atoms. The smallest absolute Gasteiger partial charge is 0.131 e. The third-order valence-electron chi connectivity index (χ3n) is 5.43. The summed E-state index contributed by atoms with van der Waals surface area (Å²) in [6.07, 6.45) is 5.67. The van der Waals surface area contributed by atoms with Crippen LogP contribution in [0.5, 0.6) is 11.5 Å². The molecule has 3 aromatic carbocycles. The summed E-state index contributed by atoms with van der Waals surface area (Å²) in [6.45, 7) is 0. The molecular weight excluding hydrogens is 466 g/mol. The highest BCUT2D eigenvalue weighted by Gasteiger charge is 2.13. The van der Waals surface area contributed by atoms with Gasteiger partial charge >= 0.3 is 0 Å². The van der Waals surface area contributed by atoms with Crippen LogP contribution < -0.4 is 14.4 Å². The zero-order chi connectivity index (χ0) is 25.3. The molecule has 1 heterocycles. The summed E-state index contributed by atoms with van der Waals surface area (Å²) in [4.78, 5) is 4.09. The van der Waals surface area contributed by atoms with Gasteiger partial charge in [0.25, 0.3) is 0 Å². The van der Waals surface area contributed by atoms with E-state index in [9.17, 15) is 0 Å². The van der Waals surface area contributed by atoms with Crippen molar-refractivity contribution in [2.75, 3.05) is 19.1 Å². The van der Waals surface area contributed by atoms with Gasteiger partial charge in [0.15, 0.2) is 0 Å². The molecule has 36 heavy (non-hydrogen) atoms. The van der Waals surface area contributed by atoms with E-state index in [2.05, 4.69) is 29.2 Å². The third-order valence-corrected chi connectivity index (χ3v) is 6.43. The van der Waals surface area contributed by atoms with Crippen LogP contribution >= 0.6 is 11.3 Å². The second-order valence-electron chi connectivity index (χ2n) is 7.68. The summed E-state index contributed by atoms with van der Waals surface area (Å²) < 4.78 is 10.7. The number of nitrogens with zero attached hydrogens (tertiary/aromatic N) is 3. The summed E-state index contributed by atoms with van der Waals surface area (Å²) in [6, 6.07) is 31.9. The molecule has 6 heteroatoms. The van der Waals surface area contributed by atoms with Gasteiger partial charge in [0.2, 0.25) is 0 Å². The van der Waals surface area contributed by atoms with Crippen molar-refractivity contribution in [3.63, 3.8) is 0 Å². The molecule has 4 aromatic rings. The summed E-state index contributed by atoms with van der Waals surface area (Å²) in [5.41, 5.74) is 4.20. The number of ether oxygens (including phenoxy) is 2. The van der Waals surface area contributed by atoms with Crippen LogP contribution in [0.25, 0.3) is 18.2 Å². The summed E-state index contributed by atoms with van der Waals surface area (Å²) in [5, 5.41) is 17.9. The highest BCUT2D eigenvalue weighted by molar-refractivity contribution is 7.13. The normalized spacial score (nSPS) is 10.3. The van der Waals surface area contributed by atoms with Gasteiger partial charge in [0, 0.05) is 26.8 Å². The zero-order valence-corrected chi connectivity index (χ0v) is 20.7. The molecule has 0 unspecified atom stereocenters. The number of benzene rings is 3. The first-order valence-corrected chi connectivity index (χ1v) is 11.9. The number of nitriles is 2. The average Bonchev–Trinajstić information content (AvgIpc) is 3.39. The maximum atomic E-state index is 8.94. The molecule has 0 atom stereocenters. The van der Waals surface area contributed by atoms with Crippen LogP contribution in [0.15, 0.2) is 90.5 Å². The number of anilines is 3. The first-order chi connectivity index (χ1) is 17.6. The van der Waals surface area contributed by atoms with E-state index in [0.717, 1.165) is 43.9 Å².